The molecule has 2 nitrogen and oxygen atoms in total. The molecule has 0 saturated carbocycles. The largest absolute Gasteiger partial charge is 0.302 e. The van der Waals surface area contributed by atoms with Crippen molar-refractivity contribution in [2.24, 2.45) is 0 Å². The number of benzene rings is 1. The molecule has 19 heavy (non-hydrogen) atoms. The molecule has 1 unspecified atom stereocenters. The summed E-state index contributed by atoms with van der Waals surface area (Å²) in [6.07, 6.45) is 1.98. The Hall–Kier alpha value is -1.51. The molecule has 96 valence electrons. The van der Waals surface area contributed by atoms with E-state index in [1.54, 1.807) is 0 Å². The van der Waals surface area contributed by atoms with Crippen molar-refractivity contribution in [3.63, 3.8) is 0 Å². The molecule has 1 aromatic carbocycles. The van der Waals surface area contributed by atoms with E-state index < -0.39 is 0 Å². The van der Waals surface area contributed by atoms with Gasteiger partial charge in [0.1, 0.15) is 5.65 Å². The van der Waals surface area contributed by atoms with Crippen LogP contribution in [0.4, 0.5) is 0 Å². The highest BCUT2D eigenvalue weighted by Gasteiger charge is 2.17. The smallest absolute Gasteiger partial charge is 0.137 e. The zero-order valence-corrected chi connectivity index (χ0v) is 11.9. The minimum atomic E-state index is -0.122. The monoisotopic (exact) mass is 290 g/mol. The Bertz CT molecular complexity index is 715. The summed E-state index contributed by atoms with van der Waals surface area (Å²) in [6.45, 7) is 1.96. The first-order chi connectivity index (χ1) is 9.16. The molecule has 0 N–H and O–H groups in total. The van der Waals surface area contributed by atoms with E-state index in [0.29, 0.717) is 5.02 Å². The maximum atomic E-state index is 6.32. The van der Waals surface area contributed by atoms with Crippen LogP contribution < -0.4 is 0 Å². The molecule has 0 aliphatic carbocycles. The zero-order chi connectivity index (χ0) is 13.4. The third-order valence-corrected chi connectivity index (χ3v) is 3.52. The van der Waals surface area contributed by atoms with Gasteiger partial charge in [0.25, 0.3) is 0 Å². The lowest BCUT2D eigenvalue weighted by Crippen LogP contribution is -1.94. The average molecular weight is 291 g/mol. The fourth-order valence-electron chi connectivity index (χ4n) is 2.22. The van der Waals surface area contributed by atoms with Crippen LogP contribution in [-0.2, 0) is 0 Å². The van der Waals surface area contributed by atoms with Gasteiger partial charge in [0.2, 0.25) is 0 Å². The highest BCUT2D eigenvalue weighted by Crippen LogP contribution is 2.32. The van der Waals surface area contributed by atoms with Crippen molar-refractivity contribution < 1.29 is 0 Å². The maximum Gasteiger partial charge on any atom is 0.137 e. The highest BCUT2D eigenvalue weighted by atomic mass is 35.5. The van der Waals surface area contributed by atoms with Crippen molar-refractivity contribution in [2.75, 3.05) is 0 Å². The van der Waals surface area contributed by atoms with Gasteiger partial charge in [-0.3, -0.25) is 0 Å². The minimum absolute atomic E-state index is 0.122. The van der Waals surface area contributed by atoms with Gasteiger partial charge in [0, 0.05) is 16.8 Å². The fraction of sp³-hybridized carbons (Fsp3) is 0.133. The molecule has 0 fully saturated rings. The van der Waals surface area contributed by atoms with Gasteiger partial charge in [-0.1, -0.05) is 29.8 Å². The van der Waals surface area contributed by atoms with Crippen molar-refractivity contribution in [3.8, 4) is 11.3 Å². The third kappa shape index (κ3) is 2.22. The Balaban J connectivity index is 2.28. The summed E-state index contributed by atoms with van der Waals surface area (Å²) in [5.74, 6) is 0. The van der Waals surface area contributed by atoms with Crippen LogP contribution in [0.2, 0.25) is 5.02 Å². The number of halogens is 2. The van der Waals surface area contributed by atoms with Crippen LogP contribution in [0.5, 0.6) is 0 Å². The molecule has 3 aromatic rings. The van der Waals surface area contributed by atoms with Crippen LogP contribution in [0.3, 0.4) is 0 Å². The average Bonchev–Trinajstić information content (AvgIpc) is 2.78. The molecule has 0 bridgehead atoms. The van der Waals surface area contributed by atoms with Crippen LogP contribution in [-0.4, -0.2) is 9.38 Å². The molecule has 2 aromatic heterocycles. The minimum Gasteiger partial charge on any atom is -0.302 e. The van der Waals surface area contributed by atoms with E-state index in [1.807, 2.05) is 60.0 Å². The zero-order valence-electron chi connectivity index (χ0n) is 10.3. The maximum absolute atomic E-state index is 6.32. The lowest BCUT2D eigenvalue weighted by atomic mass is 10.1. The van der Waals surface area contributed by atoms with Crippen LogP contribution in [0.25, 0.3) is 16.9 Å². The number of fused-ring (bicyclic) bond motifs is 1. The summed E-state index contributed by atoms with van der Waals surface area (Å²) >= 11 is 12.3. The van der Waals surface area contributed by atoms with Crippen molar-refractivity contribution in [1.82, 2.24) is 9.38 Å². The topological polar surface area (TPSA) is 17.3 Å². The summed E-state index contributed by atoms with van der Waals surface area (Å²) < 4.78 is 2.03. The van der Waals surface area contributed by atoms with Gasteiger partial charge in [-0.05, 0) is 31.2 Å². The van der Waals surface area contributed by atoms with Crippen molar-refractivity contribution in [1.29, 1.82) is 0 Å². The third-order valence-electron chi connectivity index (χ3n) is 3.06. The van der Waals surface area contributed by atoms with E-state index in [2.05, 4.69) is 4.98 Å². The molecule has 0 radical (unpaired) electrons. The molecule has 0 saturated heterocycles. The Kier molecular flexibility index (Phi) is 3.21. The summed E-state index contributed by atoms with van der Waals surface area (Å²) in [7, 11) is 0. The predicted octanol–water partition coefficient (Wildman–Crippen LogP) is 4.95. The van der Waals surface area contributed by atoms with Gasteiger partial charge < -0.3 is 4.40 Å². The van der Waals surface area contributed by atoms with E-state index in [9.17, 15) is 0 Å². The second-order valence-electron chi connectivity index (χ2n) is 4.40. The Morgan fingerprint density at radius 3 is 2.53 bits per heavy atom. The van der Waals surface area contributed by atoms with Gasteiger partial charge >= 0.3 is 0 Å². The molecule has 0 amide bonds. The molecule has 2 heterocycles. The fourth-order valence-corrected chi connectivity index (χ4v) is 2.55. The molecule has 0 aliphatic heterocycles. The summed E-state index contributed by atoms with van der Waals surface area (Å²) in [5, 5.41) is 0.594. The Labute approximate surface area is 121 Å². The number of hydrogen-bond acceptors (Lipinski definition) is 1. The van der Waals surface area contributed by atoms with Gasteiger partial charge in [-0.25, -0.2) is 4.98 Å². The molecule has 0 aliphatic rings. The van der Waals surface area contributed by atoms with Gasteiger partial charge in [0.05, 0.1) is 16.8 Å². The van der Waals surface area contributed by atoms with E-state index in [-0.39, 0.29) is 5.38 Å². The Morgan fingerprint density at radius 2 is 1.84 bits per heavy atom. The number of rotatable bonds is 2. The number of alkyl halides is 1. The van der Waals surface area contributed by atoms with E-state index in [0.717, 1.165) is 22.6 Å². The van der Waals surface area contributed by atoms with E-state index >= 15 is 0 Å². The summed E-state index contributed by atoms with van der Waals surface area (Å²) in [4.78, 5) is 4.67. The van der Waals surface area contributed by atoms with Gasteiger partial charge in [-0.2, -0.15) is 0 Å². The van der Waals surface area contributed by atoms with E-state index in [1.165, 1.54) is 0 Å². The quantitative estimate of drug-likeness (QED) is 0.610. The lowest BCUT2D eigenvalue weighted by molar-refractivity contribution is 0.965. The lowest BCUT2D eigenvalue weighted by Gasteiger charge is -2.07. The van der Waals surface area contributed by atoms with Gasteiger partial charge in [-0.15, -0.1) is 11.6 Å². The van der Waals surface area contributed by atoms with E-state index in [4.69, 9.17) is 23.2 Å². The number of nitrogens with zero attached hydrogens (tertiary/aromatic N) is 2. The van der Waals surface area contributed by atoms with Crippen LogP contribution in [0.1, 0.15) is 18.0 Å². The first kappa shape index (κ1) is 12.5. The summed E-state index contributed by atoms with van der Waals surface area (Å²) in [6, 6.07) is 13.6. The second-order valence-corrected chi connectivity index (χ2v) is 5.49. The molecule has 3 rings (SSSR count). The number of imidazole rings is 1. The normalized spacial score (nSPS) is 12.8. The SMILES string of the molecule is CC(Cl)c1c(-c2ccc(Cl)cc2)nc2ccccn12. The number of aromatic nitrogens is 2. The molecular formula is C15H12Cl2N2. The highest BCUT2D eigenvalue weighted by molar-refractivity contribution is 6.30. The summed E-state index contributed by atoms with van der Waals surface area (Å²) in [5.41, 5.74) is 3.83. The molecule has 1 atom stereocenters. The van der Waals surface area contributed by atoms with Crippen LogP contribution >= 0.6 is 23.2 Å². The van der Waals surface area contributed by atoms with Crippen LogP contribution in [0, 0.1) is 0 Å². The number of hydrogen-bond donors (Lipinski definition) is 0. The Morgan fingerprint density at radius 1 is 1.11 bits per heavy atom. The van der Waals surface area contributed by atoms with Crippen LogP contribution in [0.15, 0.2) is 48.7 Å². The first-order valence-electron chi connectivity index (χ1n) is 6.04. The van der Waals surface area contributed by atoms with Crippen molar-refractivity contribution >= 4 is 28.8 Å². The first-order valence-corrected chi connectivity index (χ1v) is 6.85. The second kappa shape index (κ2) is 4.87. The molecule has 4 heteroatoms. The standard InChI is InChI=1S/C15H12Cl2N2/c1-10(16)15-14(11-5-7-12(17)8-6-11)18-13-4-2-3-9-19(13)15/h2-10H,1H3. The molecular weight excluding hydrogens is 279 g/mol. The van der Waals surface area contributed by atoms with Crippen molar-refractivity contribution in [2.45, 2.75) is 12.3 Å². The van der Waals surface area contributed by atoms with Gasteiger partial charge in [0.15, 0.2) is 0 Å². The number of pyridine rings is 1. The molecule has 0 spiro atoms. The van der Waals surface area contributed by atoms with Crippen molar-refractivity contribution in [3.05, 3.63) is 59.4 Å². The predicted molar refractivity (Wildman–Crippen MR) is 79.9 cm³/mol.